The van der Waals surface area contributed by atoms with Gasteiger partial charge in [0, 0.05) is 32.1 Å². The lowest BCUT2D eigenvalue weighted by atomic mass is 10.1. The summed E-state index contributed by atoms with van der Waals surface area (Å²) in [6.07, 6.45) is 6.07. The molecule has 1 aliphatic rings. The number of pyridine rings is 1. The highest BCUT2D eigenvalue weighted by Crippen LogP contribution is 2.21. The van der Waals surface area contributed by atoms with E-state index in [0.717, 1.165) is 49.8 Å². The monoisotopic (exact) mass is 365 g/mol. The van der Waals surface area contributed by atoms with E-state index in [-0.39, 0.29) is 5.91 Å². The fraction of sp³-hybridized carbons (Fsp3) is 0.400. The predicted molar refractivity (Wildman–Crippen MR) is 100 cm³/mol. The van der Waals surface area contributed by atoms with E-state index in [0.29, 0.717) is 24.4 Å². The molecular formula is C20H23N5O2. The number of likely N-dealkylation sites (tertiary alicyclic amines) is 1. The molecular weight excluding hydrogens is 342 g/mol. The number of hydrogen-bond donors (Lipinski definition) is 0. The van der Waals surface area contributed by atoms with E-state index >= 15 is 0 Å². The lowest BCUT2D eigenvalue weighted by Gasteiger charge is -2.26. The van der Waals surface area contributed by atoms with Gasteiger partial charge in [0.15, 0.2) is 11.6 Å². The summed E-state index contributed by atoms with van der Waals surface area (Å²) in [5.74, 6) is 3.83. The maximum Gasteiger partial charge on any atom is 0.222 e. The largest absolute Gasteiger partial charge is 0.458 e. The first-order chi connectivity index (χ1) is 13.2. The normalized spacial score (nSPS) is 14.7. The van der Waals surface area contributed by atoms with Crippen molar-refractivity contribution in [2.45, 2.75) is 39.0 Å². The molecule has 3 aromatic heterocycles. The Kier molecular flexibility index (Phi) is 5.00. The van der Waals surface area contributed by atoms with Crippen LogP contribution in [0, 0.1) is 6.92 Å². The number of aromatic nitrogens is 4. The van der Waals surface area contributed by atoms with Crippen molar-refractivity contribution in [3.05, 3.63) is 48.1 Å². The Morgan fingerprint density at radius 1 is 1.19 bits per heavy atom. The van der Waals surface area contributed by atoms with Crippen LogP contribution in [0.25, 0.3) is 17.4 Å². The van der Waals surface area contributed by atoms with Crippen LogP contribution in [0.1, 0.15) is 37.3 Å². The Balaban J connectivity index is 1.54. The van der Waals surface area contributed by atoms with Crippen LogP contribution in [-0.2, 0) is 11.2 Å². The third-order valence-electron chi connectivity index (χ3n) is 4.75. The van der Waals surface area contributed by atoms with Gasteiger partial charge in [-0.2, -0.15) is 4.68 Å². The molecule has 0 aliphatic carbocycles. The van der Waals surface area contributed by atoms with E-state index in [1.165, 1.54) is 0 Å². The number of carbonyl (C=O) groups excluding carboxylic acids is 1. The molecule has 3 aromatic rings. The van der Waals surface area contributed by atoms with Crippen LogP contribution in [0.4, 0.5) is 0 Å². The van der Waals surface area contributed by atoms with Gasteiger partial charge in [-0.25, -0.2) is 9.97 Å². The number of carbonyl (C=O) groups is 1. The first-order valence-corrected chi connectivity index (χ1v) is 9.42. The van der Waals surface area contributed by atoms with Crippen molar-refractivity contribution < 1.29 is 9.21 Å². The number of hydrogen-bond acceptors (Lipinski definition) is 5. The van der Waals surface area contributed by atoms with Crippen molar-refractivity contribution in [1.82, 2.24) is 24.6 Å². The number of amides is 1. The van der Waals surface area contributed by atoms with Gasteiger partial charge in [0.2, 0.25) is 11.7 Å². The highest BCUT2D eigenvalue weighted by molar-refractivity contribution is 5.76. The van der Waals surface area contributed by atoms with Crippen LogP contribution >= 0.6 is 0 Å². The number of nitrogens with zero attached hydrogens (tertiary/aromatic N) is 5. The maximum absolute atomic E-state index is 12.0. The Morgan fingerprint density at radius 2 is 2.11 bits per heavy atom. The second-order valence-corrected chi connectivity index (χ2v) is 6.80. The van der Waals surface area contributed by atoms with E-state index in [1.807, 2.05) is 42.2 Å². The fourth-order valence-electron chi connectivity index (χ4n) is 3.35. The van der Waals surface area contributed by atoms with Gasteiger partial charge < -0.3 is 9.32 Å². The molecule has 0 atom stereocenters. The fourth-order valence-corrected chi connectivity index (χ4v) is 3.35. The number of rotatable bonds is 6. The van der Waals surface area contributed by atoms with Gasteiger partial charge in [-0.1, -0.05) is 6.07 Å². The summed E-state index contributed by atoms with van der Waals surface area (Å²) >= 11 is 0. The van der Waals surface area contributed by atoms with Gasteiger partial charge in [-0.15, -0.1) is 5.10 Å². The average Bonchev–Trinajstić information content (AvgIpc) is 3.30. The van der Waals surface area contributed by atoms with Crippen molar-refractivity contribution in [2.75, 3.05) is 13.1 Å². The van der Waals surface area contributed by atoms with Crippen LogP contribution in [-0.4, -0.2) is 43.6 Å². The summed E-state index contributed by atoms with van der Waals surface area (Å²) in [6.45, 7) is 3.52. The smallest absolute Gasteiger partial charge is 0.222 e. The van der Waals surface area contributed by atoms with Crippen LogP contribution in [0.2, 0.25) is 0 Å². The Morgan fingerprint density at radius 3 is 2.85 bits per heavy atom. The molecule has 1 aliphatic heterocycles. The quantitative estimate of drug-likeness (QED) is 0.670. The Bertz CT molecular complexity index is 916. The van der Waals surface area contributed by atoms with E-state index in [9.17, 15) is 4.79 Å². The minimum Gasteiger partial charge on any atom is -0.458 e. The zero-order valence-corrected chi connectivity index (χ0v) is 15.5. The Hall–Kier alpha value is -2.96. The highest BCUT2D eigenvalue weighted by Gasteiger charge is 2.19. The minimum atomic E-state index is 0.263. The number of aryl methyl sites for hydroxylation is 2. The summed E-state index contributed by atoms with van der Waals surface area (Å²) in [6, 6.07) is 9.49. The van der Waals surface area contributed by atoms with E-state index in [1.54, 1.807) is 10.9 Å². The molecule has 7 nitrogen and oxygen atoms in total. The molecule has 0 saturated carbocycles. The zero-order valence-electron chi connectivity index (χ0n) is 15.5. The second kappa shape index (κ2) is 7.73. The van der Waals surface area contributed by atoms with Crippen LogP contribution < -0.4 is 0 Å². The number of furan rings is 1. The van der Waals surface area contributed by atoms with Gasteiger partial charge >= 0.3 is 0 Å². The van der Waals surface area contributed by atoms with Crippen LogP contribution in [0.5, 0.6) is 0 Å². The molecule has 4 rings (SSSR count). The van der Waals surface area contributed by atoms with E-state index < -0.39 is 0 Å². The van der Waals surface area contributed by atoms with Gasteiger partial charge in [-0.3, -0.25) is 4.79 Å². The average molecular weight is 365 g/mol. The standard InChI is InChI=1S/C20H23N5O2/c1-15-10-11-16(27-15)20-22-18(25(23-20)17-7-2-4-12-21-17)8-6-14-24-13-5-3-9-19(24)26/h2,4,7,10-12H,3,5-6,8-9,13-14H2,1H3. The highest BCUT2D eigenvalue weighted by atomic mass is 16.3. The molecule has 0 aromatic carbocycles. The lowest BCUT2D eigenvalue weighted by Crippen LogP contribution is -2.36. The molecule has 0 bridgehead atoms. The SMILES string of the molecule is Cc1ccc(-c2nc(CCCN3CCCCC3=O)n(-c3ccccn3)n2)o1. The topological polar surface area (TPSA) is 77.1 Å². The second-order valence-electron chi connectivity index (χ2n) is 6.80. The number of piperidine rings is 1. The summed E-state index contributed by atoms with van der Waals surface area (Å²) in [7, 11) is 0. The molecule has 0 N–H and O–H groups in total. The molecule has 1 amide bonds. The minimum absolute atomic E-state index is 0.263. The molecule has 0 unspecified atom stereocenters. The van der Waals surface area contributed by atoms with E-state index in [2.05, 4.69) is 15.1 Å². The van der Waals surface area contributed by atoms with Gasteiger partial charge in [0.25, 0.3) is 0 Å². The molecule has 1 saturated heterocycles. The maximum atomic E-state index is 12.0. The van der Waals surface area contributed by atoms with Crippen LogP contribution in [0.15, 0.2) is 40.9 Å². The summed E-state index contributed by atoms with van der Waals surface area (Å²) in [5.41, 5.74) is 0. The van der Waals surface area contributed by atoms with Gasteiger partial charge in [0.1, 0.15) is 11.6 Å². The molecule has 4 heterocycles. The summed E-state index contributed by atoms with van der Waals surface area (Å²) in [5, 5.41) is 4.61. The van der Waals surface area contributed by atoms with Crippen LogP contribution in [0.3, 0.4) is 0 Å². The van der Waals surface area contributed by atoms with Gasteiger partial charge in [-0.05, 0) is 50.5 Å². The third kappa shape index (κ3) is 3.92. The van der Waals surface area contributed by atoms with Crippen molar-refractivity contribution in [3.8, 4) is 17.4 Å². The predicted octanol–water partition coefficient (Wildman–Crippen LogP) is 3.18. The van der Waals surface area contributed by atoms with E-state index in [4.69, 9.17) is 4.42 Å². The zero-order chi connectivity index (χ0) is 18.6. The summed E-state index contributed by atoms with van der Waals surface area (Å²) in [4.78, 5) is 23.0. The molecule has 140 valence electrons. The molecule has 7 heteroatoms. The van der Waals surface area contributed by atoms with Gasteiger partial charge in [0.05, 0.1) is 0 Å². The molecule has 27 heavy (non-hydrogen) atoms. The third-order valence-corrected chi connectivity index (χ3v) is 4.75. The molecule has 0 radical (unpaired) electrons. The first kappa shape index (κ1) is 17.5. The van der Waals surface area contributed by atoms with Crippen molar-refractivity contribution in [1.29, 1.82) is 0 Å². The van der Waals surface area contributed by atoms with Crippen molar-refractivity contribution in [2.24, 2.45) is 0 Å². The molecule has 1 fully saturated rings. The summed E-state index contributed by atoms with van der Waals surface area (Å²) < 4.78 is 7.44. The van der Waals surface area contributed by atoms with Crippen molar-refractivity contribution in [3.63, 3.8) is 0 Å². The Labute approximate surface area is 158 Å². The lowest BCUT2D eigenvalue weighted by molar-refractivity contribution is -0.133. The van der Waals surface area contributed by atoms with Crippen molar-refractivity contribution >= 4 is 5.91 Å². The first-order valence-electron chi connectivity index (χ1n) is 9.42. The molecule has 0 spiro atoms.